The topological polar surface area (TPSA) is 63.3 Å². The molecule has 0 aliphatic heterocycles. The van der Waals surface area contributed by atoms with Crippen molar-refractivity contribution in [1.29, 1.82) is 0 Å². The summed E-state index contributed by atoms with van der Waals surface area (Å²) in [5.41, 5.74) is 5.52. The lowest BCUT2D eigenvalue weighted by Crippen LogP contribution is -2.22. The number of hydrogen-bond donors (Lipinski definition) is 2. The van der Waals surface area contributed by atoms with Crippen LogP contribution in [0.4, 0.5) is 4.39 Å². The molecule has 0 heterocycles. The first-order chi connectivity index (χ1) is 7.11. The van der Waals surface area contributed by atoms with Crippen molar-refractivity contribution in [3.8, 4) is 0 Å². The van der Waals surface area contributed by atoms with Gasteiger partial charge in [0.25, 0.3) is 0 Å². The molecular formula is C10H12FNO2S. The minimum atomic E-state index is -1.10. The van der Waals surface area contributed by atoms with E-state index in [-0.39, 0.29) is 12.1 Å². The molecule has 1 rings (SSSR count). The van der Waals surface area contributed by atoms with E-state index in [1.54, 1.807) is 18.4 Å². The SMILES string of the molecule is CSc1cccc(F)c1C(CN)C(=O)O. The first-order valence-electron chi connectivity index (χ1n) is 4.37. The summed E-state index contributed by atoms with van der Waals surface area (Å²) in [5, 5.41) is 8.92. The van der Waals surface area contributed by atoms with Crippen LogP contribution in [0.1, 0.15) is 11.5 Å². The molecular weight excluding hydrogens is 217 g/mol. The van der Waals surface area contributed by atoms with Crippen molar-refractivity contribution in [3.05, 3.63) is 29.6 Å². The number of rotatable bonds is 4. The van der Waals surface area contributed by atoms with Crippen LogP contribution in [-0.2, 0) is 4.79 Å². The smallest absolute Gasteiger partial charge is 0.312 e. The van der Waals surface area contributed by atoms with Gasteiger partial charge in [0.1, 0.15) is 5.82 Å². The highest BCUT2D eigenvalue weighted by atomic mass is 32.2. The zero-order valence-electron chi connectivity index (χ0n) is 8.24. The highest BCUT2D eigenvalue weighted by Crippen LogP contribution is 2.29. The van der Waals surface area contributed by atoms with Crippen molar-refractivity contribution in [3.63, 3.8) is 0 Å². The summed E-state index contributed by atoms with van der Waals surface area (Å²) >= 11 is 1.31. The number of carboxylic acid groups (broad SMARTS) is 1. The fraction of sp³-hybridized carbons (Fsp3) is 0.300. The van der Waals surface area contributed by atoms with Gasteiger partial charge in [0, 0.05) is 17.0 Å². The molecule has 0 saturated carbocycles. The van der Waals surface area contributed by atoms with Gasteiger partial charge in [0.2, 0.25) is 0 Å². The summed E-state index contributed by atoms with van der Waals surface area (Å²) in [5.74, 6) is -2.59. The molecule has 0 amide bonds. The van der Waals surface area contributed by atoms with Gasteiger partial charge in [-0.3, -0.25) is 4.79 Å². The maximum atomic E-state index is 13.5. The zero-order valence-corrected chi connectivity index (χ0v) is 9.05. The minimum absolute atomic E-state index is 0.107. The summed E-state index contributed by atoms with van der Waals surface area (Å²) in [6.45, 7) is -0.107. The van der Waals surface area contributed by atoms with Crippen molar-refractivity contribution in [2.75, 3.05) is 12.8 Å². The normalized spacial score (nSPS) is 12.5. The molecule has 1 unspecified atom stereocenters. The largest absolute Gasteiger partial charge is 0.481 e. The number of carbonyl (C=O) groups is 1. The molecule has 0 aliphatic rings. The van der Waals surface area contributed by atoms with Gasteiger partial charge in [-0.1, -0.05) is 6.07 Å². The Morgan fingerprint density at radius 1 is 1.67 bits per heavy atom. The van der Waals surface area contributed by atoms with Crippen LogP contribution >= 0.6 is 11.8 Å². The number of thioether (sulfide) groups is 1. The van der Waals surface area contributed by atoms with Crippen molar-refractivity contribution >= 4 is 17.7 Å². The van der Waals surface area contributed by atoms with Crippen LogP contribution < -0.4 is 5.73 Å². The Bertz CT molecular complexity index is 370. The Morgan fingerprint density at radius 3 is 2.80 bits per heavy atom. The predicted molar refractivity (Wildman–Crippen MR) is 57.6 cm³/mol. The molecule has 0 aliphatic carbocycles. The molecule has 0 fully saturated rings. The van der Waals surface area contributed by atoms with E-state index in [1.807, 2.05) is 0 Å². The van der Waals surface area contributed by atoms with Gasteiger partial charge in [-0.2, -0.15) is 0 Å². The van der Waals surface area contributed by atoms with Crippen LogP contribution in [0, 0.1) is 5.82 Å². The monoisotopic (exact) mass is 229 g/mol. The maximum Gasteiger partial charge on any atom is 0.312 e. The summed E-state index contributed by atoms with van der Waals surface area (Å²) in [6.07, 6.45) is 1.77. The van der Waals surface area contributed by atoms with Gasteiger partial charge in [-0.05, 0) is 18.4 Å². The van der Waals surface area contributed by atoms with Crippen LogP contribution in [0.2, 0.25) is 0 Å². The van der Waals surface area contributed by atoms with Crippen molar-refractivity contribution < 1.29 is 14.3 Å². The highest BCUT2D eigenvalue weighted by molar-refractivity contribution is 7.98. The van der Waals surface area contributed by atoms with E-state index < -0.39 is 17.7 Å². The number of aliphatic carboxylic acids is 1. The van der Waals surface area contributed by atoms with E-state index in [0.29, 0.717) is 4.90 Å². The third-order valence-corrected chi connectivity index (χ3v) is 2.91. The van der Waals surface area contributed by atoms with E-state index >= 15 is 0 Å². The average Bonchev–Trinajstić information content (AvgIpc) is 2.21. The number of hydrogen-bond acceptors (Lipinski definition) is 3. The second-order valence-electron chi connectivity index (χ2n) is 2.98. The second kappa shape index (κ2) is 5.14. The van der Waals surface area contributed by atoms with Crippen molar-refractivity contribution in [2.45, 2.75) is 10.8 Å². The van der Waals surface area contributed by atoms with Crippen LogP contribution in [0.25, 0.3) is 0 Å². The summed E-state index contributed by atoms with van der Waals surface area (Å²) in [4.78, 5) is 11.5. The molecule has 1 aromatic carbocycles. The molecule has 3 nitrogen and oxygen atoms in total. The first-order valence-corrected chi connectivity index (χ1v) is 5.59. The van der Waals surface area contributed by atoms with Crippen molar-refractivity contribution in [1.82, 2.24) is 0 Å². The lowest BCUT2D eigenvalue weighted by Gasteiger charge is -2.14. The Balaban J connectivity index is 3.26. The molecule has 3 N–H and O–H groups in total. The lowest BCUT2D eigenvalue weighted by atomic mass is 9.99. The maximum absolute atomic E-state index is 13.5. The fourth-order valence-electron chi connectivity index (χ4n) is 1.38. The summed E-state index contributed by atoms with van der Waals surface area (Å²) in [6, 6.07) is 4.50. The third-order valence-electron chi connectivity index (χ3n) is 2.12. The molecule has 0 aromatic heterocycles. The molecule has 82 valence electrons. The molecule has 0 radical (unpaired) electrons. The van der Waals surface area contributed by atoms with Gasteiger partial charge >= 0.3 is 5.97 Å². The minimum Gasteiger partial charge on any atom is -0.481 e. The Hall–Kier alpha value is -1.07. The molecule has 5 heteroatoms. The Kier molecular flexibility index (Phi) is 4.11. The standard InChI is InChI=1S/C10H12FNO2S/c1-15-8-4-2-3-7(11)9(8)6(5-12)10(13)14/h2-4,6H,5,12H2,1H3,(H,13,14). The zero-order chi connectivity index (χ0) is 11.4. The van der Waals surface area contributed by atoms with Gasteiger partial charge in [-0.15, -0.1) is 11.8 Å². The van der Waals surface area contributed by atoms with Gasteiger partial charge in [-0.25, -0.2) is 4.39 Å². The van der Waals surface area contributed by atoms with Crippen molar-refractivity contribution in [2.24, 2.45) is 5.73 Å². The number of benzene rings is 1. The molecule has 0 spiro atoms. The van der Waals surface area contributed by atoms with E-state index in [2.05, 4.69) is 0 Å². The molecule has 15 heavy (non-hydrogen) atoms. The highest BCUT2D eigenvalue weighted by Gasteiger charge is 2.24. The predicted octanol–water partition coefficient (Wildman–Crippen LogP) is 1.67. The third kappa shape index (κ3) is 2.49. The molecule has 1 atom stereocenters. The quantitative estimate of drug-likeness (QED) is 0.771. The molecule has 0 bridgehead atoms. The Labute approximate surface area is 91.5 Å². The second-order valence-corrected chi connectivity index (χ2v) is 3.83. The van der Waals surface area contributed by atoms with E-state index in [4.69, 9.17) is 10.8 Å². The fourth-order valence-corrected chi connectivity index (χ4v) is 2.05. The lowest BCUT2D eigenvalue weighted by molar-refractivity contribution is -0.138. The van der Waals surface area contributed by atoms with Crippen LogP contribution in [-0.4, -0.2) is 23.9 Å². The molecule has 0 saturated heterocycles. The van der Waals surface area contributed by atoms with E-state index in [0.717, 1.165) is 0 Å². The number of nitrogens with two attached hydrogens (primary N) is 1. The number of carboxylic acids is 1. The van der Waals surface area contributed by atoms with Gasteiger partial charge in [0.15, 0.2) is 0 Å². The van der Waals surface area contributed by atoms with E-state index in [1.165, 1.54) is 17.8 Å². The first kappa shape index (κ1) is 12.0. The Morgan fingerprint density at radius 2 is 2.33 bits per heavy atom. The van der Waals surface area contributed by atoms with Crippen LogP contribution in [0.15, 0.2) is 23.1 Å². The van der Waals surface area contributed by atoms with E-state index in [9.17, 15) is 9.18 Å². The number of halogens is 1. The van der Waals surface area contributed by atoms with Crippen LogP contribution in [0.5, 0.6) is 0 Å². The van der Waals surface area contributed by atoms with Crippen LogP contribution in [0.3, 0.4) is 0 Å². The average molecular weight is 229 g/mol. The summed E-state index contributed by atoms with van der Waals surface area (Å²) in [7, 11) is 0. The molecule has 1 aromatic rings. The van der Waals surface area contributed by atoms with Gasteiger partial charge in [0.05, 0.1) is 5.92 Å². The summed E-state index contributed by atoms with van der Waals surface area (Å²) < 4.78 is 13.5. The van der Waals surface area contributed by atoms with Gasteiger partial charge < -0.3 is 10.8 Å².